The van der Waals surface area contributed by atoms with Crippen molar-refractivity contribution in [2.45, 2.75) is 44.6 Å². The largest absolute Gasteiger partial charge is 0.433 e. The summed E-state index contributed by atoms with van der Waals surface area (Å²) < 4.78 is 4.90. The number of rotatable bonds is 4. The van der Waals surface area contributed by atoms with Crippen LogP contribution in [0.1, 0.15) is 49.1 Å². The van der Waals surface area contributed by atoms with Crippen LogP contribution < -0.4 is 5.32 Å². The van der Waals surface area contributed by atoms with Gasteiger partial charge in [-0.3, -0.25) is 19.7 Å². The van der Waals surface area contributed by atoms with Crippen molar-refractivity contribution in [3.63, 3.8) is 0 Å². The molecule has 1 saturated heterocycles. The van der Waals surface area contributed by atoms with Crippen molar-refractivity contribution >= 4 is 17.7 Å². The molecule has 1 aliphatic heterocycles. The average Bonchev–Trinajstić information content (AvgIpc) is 2.86. The molecule has 3 rings (SSSR count). The zero-order valence-electron chi connectivity index (χ0n) is 13.4. The molecule has 1 aromatic heterocycles. The molecule has 0 aromatic carbocycles. The lowest BCUT2D eigenvalue weighted by Gasteiger charge is -2.38. The maximum absolute atomic E-state index is 12.2. The Balaban J connectivity index is 1.48. The van der Waals surface area contributed by atoms with Gasteiger partial charge in [0, 0.05) is 19.1 Å². The van der Waals surface area contributed by atoms with Crippen molar-refractivity contribution in [3.05, 3.63) is 28.0 Å². The molecule has 0 bridgehead atoms. The molecule has 0 unspecified atom stereocenters. The SMILES string of the molecule is O=C(NC1CCCCCC1)C1CN(C(=O)c2ccc([N+](=O)[O-])o2)C1. The van der Waals surface area contributed by atoms with Crippen LogP contribution in [0.4, 0.5) is 5.88 Å². The number of carbonyl (C=O) groups excluding carboxylic acids is 2. The summed E-state index contributed by atoms with van der Waals surface area (Å²) in [5.74, 6) is -1.15. The maximum Gasteiger partial charge on any atom is 0.433 e. The maximum atomic E-state index is 12.2. The predicted molar refractivity (Wildman–Crippen MR) is 84.4 cm³/mol. The van der Waals surface area contributed by atoms with Gasteiger partial charge in [0.1, 0.15) is 4.92 Å². The van der Waals surface area contributed by atoms with Crippen molar-refractivity contribution in [2.24, 2.45) is 5.92 Å². The van der Waals surface area contributed by atoms with E-state index in [2.05, 4.69) is 5.32 Å². The highest BCUT2D eigenvalue weighted by Gasteiger charge is 2.38. The van der Waals surface area contributed by atoms with Crippen LogP contribution in [-0.4, -0.2) is 40.8 Å². The van der Waals surface area contributed by atoms with Gasteiger partial charge in [0.05, 0.1) is 12.0 Å². The van der Waals surface area contributed by atoms with Gasteiger partial charge in [-0.15, -0.1) is 0 Å². The lowest BCUT2D eigenvalue weighted by molar-refractivity contribution is -0.402. The number of nitrogens with one attached hydrogen (secondary N) is 1. The highest BCUT2D eigenvalue weighted by molar-refractivity contribution is 5.94. The van der Waals surface area contributed by atoms with Crippen LogP contribution in [0.15, 0.2) is 16.5 Å². The molecule has 1 saturated carbocycles. The Hall–Kier alpha value is -2.38. The van der Waals surface area contributed by atoms with Crippen LogP contribution in [0.5, 0.6) is 0 Å². The van der Waals surface area contributed by atoms with E-state index in [4.69, 9.17) is 4.42 Å². The zero-order chi connectivity index (χ0) is 17.1. The van der Waals surface area contributed by atoms with Gasteiger partial charge in [0.25, 0.3) is 5.91 Å². The van der Waals surface area contributed by atoms with Crippen LogP contribution >= 0.6 is 0 Å². The zero-order valence-corrected chi connectivity index (χ0v) is 13.4. The minimum absolute atomic E-state index is 0.00336. The van der Waals surface area contributed by atoms with Crippen LogP contribution in [-0.2, 0) is 4.79 Å². The van der Waals surface area contributed by atoms with Crippen molar-refractivity contribution in [1.29, 1.82) is 0 Å². The smallest absolute Gasteiger partial charge is 0.395 e. The first-order valence-corrected chi connectivity index (χ1v) is 8.38. The van der Waals surface area contributed by atoms with E-state index in [0.717, 1.165) is 31.7 Å². The number of carbonyl (C=O) groups is 2. The molecular weight excluding hydrogens is 314 g/mol. The third-order valence-corrected chi connectivity index (χ3v) is 4.72. The Bertz CT molecular complexity index is 627. The van der Waals surface area contributed by atoms with Gasteiger partial charge in [-0.25, -0.2) is 0 Å². The van der Waals surface area contributed by atoms with E-state index in [0.29, 0.717) is 13.1 Å². The lowest BCUT2D eigenvalue weighted by Crippen LogP contribution is -2.56. The summed E-state index contributed by atoms with van der Waals surface area (Å²) in [6.07, 6.45) is 6.81. The van der Waals surface area contributed by atoms with E-state index in [-0.39, 0.29) is 23.6 Å². The normalized spacial score (nSPS) is 19.4. The van der Waals surface area contributed by atoms with Gasteiger partial charge in [0.15, 0.2) is 5.76 Å². The number of nitro groups is 1. The Morgan fingerprint density at radius 2 is 1.83 bits per heavy atom. The molecule has 8 nitrogen and oxygen atoms in total. The first kappa shape index (κ1) is 16.5. The number of hydrogen-bond donors (Lipinski definition) is 1. The Morgan fingerprint density at radius 1 is 1.17 bits per heavy atom. The van der Waals surface area contributed by atoms with Crippen molar-refractivity contribution in [3.8, 4) is 0 Å². The van der Waals surface area contributed by atoms with Gasteiger partial charge in [0.2, 0.25) is 5.91 Å². The summed E-state index contributed by atoms with van der Waals surface area (Å²) >= 11 is 0. The third kappa shape index (κ3) is 3.58. The highest BCUT2D eigenvalue weighted by atomic mass is 16.6. The number of likely N-dealkylation sites (tertiary alicyclic amines) is 1. The molecule has 2 fully saturated rings. The lowest BCUT2D eigenvalue weighted by atomic mass is 9.97. The highest BCUT2D eigenvalue weighted by Crippen LogP contribution is 2.23. The summed E-state index contributed by atoms with van der Waals surface area (Å²) in [5, 5.41) is 13.7. The van der Waals surface area contributed by atoms with E-state index in [1.807, 2.05) is 0 Å². The van der Waals surface area contributed by atoms with E-state index in [9.17, 15) is 19.7 Å². The monoisotopic (exact) mass is 335 g/mol. The third-order valence-electron chi connectivity index (χ3n) is 4.72. The molecule has 130 valence electrons. The molecule has 8 heteroatoms. The number of amides is 2. The number of hydrogen-bond acceptors (Lipinski definition) is 5. The van der Waals surface area contributed by atoms with Crippen molar-refractivity contribution < 1.29 is 18.9 Å². The molecule has 2 aliphatic rings. The van der Waals surface area contributed by atoms with E-state index < -0.39 is 16.7 Å². The molecule has 1 N–H and O–H groups in total. The van der Waals surface area contributed by atoms with E-state index in [1.54, 1.807) is 0 Å². The molecule has 1 aromatic rings. The Labute approximate surface area is 139 Å². The second-order valence-electron chi connectivity index (χ2n) is 6.50. The Morgan fingerprint density at radius 3 is 2.42 bits per heavy atom. The van der Waals surface area contributed by atoms with Gasteiger partial charge in [-0.1, -0.05) is 25.7 Å². The van der Waals surface area contributed by atoms with Crippen LogP contribution in [0, 0.1) is 16.0 Å². The quantitative estimate of drug-likeness (QED) is 0.515. The minimum atomic E-state index is -0.685. The standard InChI is InChI=1S/C16H21N3O5/c20-15(17-12-5-3-1-2-4-6-12)11-9-18(10-11)16(21)13-7-8-14(24-13)19(22)23/h7-8,11-12H,1-6,9-10H2,(H,17,20). The second kappa shape index (κ2) is 7.02. The Kier molecular flexibility index (Phi) is 4.82. The average molecular weight is 335 g/mol. The van der Waals surface area contributed by atoms with Gasteiger partial charge < -0.3 is 14.6 Å². The summed E-state index contributed by atoms with van der Waals surface area (Å²) in [7, 11) is 0. The number of nitrogens with zero attached hydrogens (tertiary/aromatic N) is 2. The molecule has 1 aliphatic carbocycles. The molecule has 2 heterocycles. The van der Waals surface area contributed by atoms with Gasteiger partial charge in [-0.2, -0.15) is 0 Å². The molecule has 24 heavy (non-hydrogen) atoms. The first-order valence-electron chi connectivity index (χ1n) is 8.38. The summed E-state index contributed by atoms with van der Waals surface area (Å²) in [6, 6.07) is 2.69. The fourth-order valence-corrected chi connectivity index (χ4v) is 3.25. The molecule has 2 amide bonds. The number of furan rings is 1. The fraction of sp³-hybridized carbons (Fsp3) is 0.625. The predicted octanol–water partition coefficient (Wildman–Crippen LogP) is 2.10. The summed E-state index contributed by atoms with van der Waals surface area (Å²) in [6.45, 7) is 0.651. The van der Waals surface area contributed by atoms with Crippen molar-refractivity contribution in [1.82, 2.24) is 10.2 Å². The van der Waals surface area contributed by atoms with Gasteiger partial charge >= 0.3 is 5.88 Å². The minimum Gasteiger partial charge on any atom is -0.395 e. The fourth-order valence-electron chi connectivity index (χ4n) is 3.25. The van der Waals surface area contributed by atoms with Crippen LogP contribution in [0.2, 0.25) is 0 Å². The first-order chi connectivity index (χ1) is 11.5. The molecule has 0 atom stereocenters. The van der Waals surface area contributed by atoms with Crippen LogP contribution in [0.3, 0.4) is 0 Å². The summed E-state index contributed by atoms with van der Waals surface area (Å²) in [4.78, 5) is 35.8. The summed E-state index contributed by atoms with van der Waals surface area (Å²) in [5.41, 5.74) is 0. The van der Waals surface area contributed by atoms with Crippen molar-refractivity contribution in [2.75, 3.05) is 13.1 Å². The van der Waals surface area contributed by atoms with Gasteiger partial charge in [-0.05, 0) is 18.9 Å². The molecular formula is C16H21N3O5. The van der Waals surface area contributed by atoms with Crippen LogP contribution in [0.25, 0.3) is 0 Å². The second-order valence-corrected chi connectivity index (χ2v) is 6.50. The topological polar surface area (TPSA) is 106 Å². The molecule has 0 radical (unpaired) electrons. The van der Waals surface area contributed by atoms with E-state index in [1.165, 1.54) is 23.8 Å². The van der Waals surface area contributed by atoms with E-state index >= 15 is 0 Å². The molecule has 0 spiro atoms.